The van der Waals surface area contributed by atoms with Crippen molar-refractivity contribution in [2.45, 2.75) is 5.03 Å². The molecule has 0 aliphatic carbocycles. The number of hydrogen-bond acceptors (Lipinski definition) is 6. The molecule has 1 N–H and O–H groups in total. The van der Waals surface area contributed by atoms with Crippen LogP contribution in [-0.2, 0) is 4.79 Å². The predicted octanol–water partition coefficient (Wildman–Crippen LogP) is 4.28. The summed E-state index contributed by atoms with van der Waals surface area (Å²) in [4.78, 5) is 16.9. The molecule has 2 aromatic carbocycles. The average molecular weight is 438 g/mol. The van der Waals surface area contributed by atoms with E-state index in [1.807, 2.05) is 6.07 Å². The molecule has 0 saturated carbocycles. The van der Waals surface area contributed by atoms with Gasteiger partial charge in [-0.05, 0) is 30.3 Å². The minimum absolute atomic E-state index is 0.156. The fourth-order valence-corrected chi connectivity index (χ4v) is 3.76. The van der Waals surface area contributed by atoms with Crippen LogP contribution < -0.4 is 14.8 Å². The maximum absolute atomic E-state index is 13.2. The van der Waals surface area contributed by atoms with Gasteiger partial charge in [-0.2, -0.15) is 5.10 Å². The van der Waals surface area contributed by atoms with Crippen molar-refractivity contribution in [2.75, 3.05) is 25.3 Å². The van der Waals surface area contributed by atoms with Crippen LogP contribution in [0.5, 0.6) is 11.5 Å². The smallest absolute Gasteiger partial charge is 0.234 e. The van der Waals surface area contributed by atoms with Gasteiger partial charge < -0.3 is 14.8 Å². The van der Waals surface area contributed by atoms with Gasteiger partial charge in [0.2, 0.25) is 5.91 Å². The van der Waals surface area contributed by atoms with Gasteiger partial charge in [0, 0.05) is 41.8 Å². The highest BCUT2D eigenvalue weighted by atomic mass is 32.2. The predicted molar refractivity (Wildman–Crippen MR) is 117 cm³/mol. The van der Waals surface area contributed by atoms with E-state index in [0.717, 1.165) is 11.1 Å². The van der Waals surface area contributed by atoms with Gasteiger partial charge in [-0.1, -0.05) is 11.8 Å². The number of methoxy groups -OCH3 is 2. The van der Waals surface area contributed by atoms with Crippen molar-refractivity contribution in [3.8, 4) is 22.8 Å². The summed E-state index contributed by atoms with van der Waals surface area (Å²) in [5, 5.41) is 8.03. The molecule has 0 aliphatic heterocycles. The topological polar surface area (TPSA) is 77.8 Å². The molecule has 4 aromatic rings. The van der Waals surface area contributed by atoms with Crippen molar-refractivity contribution >= 4 is 28.9 Å². The van der Waals surface area contributed by atoms with Crippen molar-refractivity contribution in [2.24, 2.45) is 0 Å². The first-order valence-corrected chi connectivity index (χ1v) is 10.3. The van der Waals surface area contributed by atoms with E-state index in [9.17, 15) is 9.18 Å². The van der Waals surface area contributed by atoms with E-state index in [-0.39, 0.29) is 17.5 Å². The van der Waals surface area contributed by atoms with Gasteiger partial charge in [0.1, 0.15) is 22.3 Å². The largest absolute Gasteiger partial charge is 0.497 e. The molecule has 2 heterocycles. The molecule has 9 heteroatoms. The Kier molecular flexibility index (Phi) is 6.03. The number of thioether (sulfide) groups is 1. The highest BCUT2D eigenvalue weighted by Crippen LogP contribution is 2.28. The molecule has 0 radical (unpaired) electrons. The summed E-state index contributed by atoms with van der Waals surface area (Å²) in [6.07, 6.45) is 3.36. The highest BCUT2D eigenvalue weighted by Gasteiger charge is 2.12. The molecule has 0 saturated heterocycles. The molecule has 0 aliphatic rings. The van der Waals surface area contributed by atoms with Crippen LogP contribution in [0, 0.1) is 5.82 Å². The molecule has 2 aromatic heterocycles. The summed E-state index contributed by atoms with van der Waals surface area (Å²) in [6, 6.07) is 13.2. The Balaban J connectivity index is 1.49. The SMILES string of the molecule is COc1cc(NC(=O)CSc2nccn3nc(-c4ccc(F)cc4)cc23)cc(OC)c1. The number of nitrogens with one attached hydrogen (secondary N) is 1. The lowest BCUT2D eigenvalue weighted by Crippen LogP contribution is -2.14. The van der Waals surface area contributed by atoms with Crippen LogP contribution in [-0.4, -0.2) is 40.5 Å². The Bertz CT molecular complexity index is 1210. The summed E-state index contributed by atoms with van der Waals surface area (Å²) in [5.74, 6) is 0.832. The summed E-state index contributed by atoms with van der Waals surface area (Å²) in [5.41, 5.74) is 2.84. The molecular weight excluding hydrogens is 419 g/mol. The van der Waals surface area contributed by atoms with Gasteiger partial charge in [0.15, 0.2) is 0 Å². The van der Waals surface area contributed by atoms with Crippen molar-refractivity contribution in [3.05, 3.63) is 66.7 Å². The number of ether oxygens (including phenoxy) is 2. The summed E-state index contributed by atoms with van der Waals surface area (Å²) < 4.78 is 25.3. The molecule has 0 spiro atoms. The Labute approximate surface area is 182 Å². The Morgan fingerprint density at radius 1 is 1.10 bits per heavy atom. The minimum Gasteiger partial charge on any atom is -0.497 e. The second kappa shape index (κ2) is 9.05. The number of amides is 1. The first kappa shape index (κ1) is 20.7. The molecule has 7 nitrogen and oxygen atoms in total. The van der Waals surface area contributed by atoms with Gasteiger partial charge in [0.05, 0.1) is 31.2 Å². The molecule has 158 valence electrons. The van der Waals surface area contributed by atoms with Gasteiger partial charge >= 0.3 is 0 Å². The van der Waals surface area contributed by atoms with Gasteiger partial charge in [0.25, 0.3) is 0 Å². The fraction of sp³-hybridized carbons (Fsp3) is 0.136. The van der Waals surface area contributed by atoms with Crippen LogP contribution in [0.25, 0.3) is 16.8 Å². The maximum atomic E-state index is 13.2. The Morgan fingerprint density at radius 2 is 1.81 bits per heavy atom. The molecule has 1 amide bonds. The third-order valence-corrected chi connectivity index (χ3v) is 5.46. The quantitative estimate of drug-likeness (QED) is 0.434. The van der Waals surface area contributed by atoms with Crippen LogP contribution in [0.4, 0.5) is 10.1 Å². The van der Waals surface area contributed by atoms with Crippen LogP contribution in [0.1, 0.15) is 0 Å². The average Bonchev–Trinajstić information content (AvgIpc) is 3.22. The van der Waals surface area contributed by atoms with E-state index < -0.39 is 0 Å². The zero-order chi connectivity index (χ0) is 21.8. The Morgan fingerprint density at radius 3 is 2.48 bits per heavy atom. The lowest BCUT2D eigenvalue weighted by Gasteiger charge is -2.10. The van der Waals surface area contributed by atoms with E-state index in [0.29, 0.717) is 27.9 Å². The second-order valence-electron chi connectivity index (χ2n) is 6.54. The van der Waals surface area contributed by atoms with E-state index in [1.54, 1.807) is 61.5 Å². The summed E-state index contributed by atoms with van der Waals surface area (Å²) >= 11 is 1.30. The first-order chi connectivity index (χ1) is 15.1. The molecular formula is C22H19FN4O3S. The molecule has 31 heavy (non-hydrogen) atoms. The van der Waals surface area contributed by atoms with Crippen LogP contribution >= 0.6 is 11.8 Å². The number of benzene rings is 2. The lowest BCUT2D eigenvalue weighted by atomic mass is 10.1. The molecule has 0 fully saturated rings. The third kappa shape index (κ3) is 4.77. The zero-order valence-corrected chi connectivity index (χ0v) is 17.6. The molecule has 0 atom stereocenters. The number of carbonyl (C=O) groups is 1. The number of anilines is 1. The number of rotatable bonds is 7. The minimum atomic E-state index is -0.301. The number of fused-ring (bicyclic) bond motifs is 1. The Hall–Kier alpha value is -3.59. The van der Waals surface area contributed by atoms with E-state index in [4.69, 9.17) is 9.47 Å². The van der Waals surface area contributed by atoms with Gasteiger partial charge in [-0.15, -0.1) is 0 Å². The van der Waals surface area contributed by atoms with E-state index in [2.05, 4.69) is 15.4 Å². The molecule has 4 rings (SSSR count). The van der Waals surface area contributed by atoms with Crippen LogP contribution in [0.3, 0.4) is 0 Å². The van der Waals surface area contributed by atoms with Crippen LogP contribution in [0.15, 0.2) is 66.0 Å². The van der Waals surface area contributed by atoms with E-state index >= 15 is 0 Å². The fourth-order valence-electron chi connectivity index (χ4n) is 2.98. The first-order valence-electron chi connectivity index (χ1n) is 9.32. The molecule has 0 unspecified atom stereocenters. The number of aromatic nitrogens is 3. The zero-order valence-electron chi connectivity index (χ0n) is 16.8. The number of hydrogen-bond donors (Lipinski definition) is 1. The van der Waals surface area contributed by atoms with Crippen molar-refractivity contribution in [3.63, 3.8) is 0 Å². The van der Waals surface area contributed by atoms with Gasteiger partial charge in [-0.3, -0.25) is 4.79 Å². The maximum Gasteiger partial charge on any atom is 0.234 e. The summed E-state index contributed by atoms with van der Waals surface area (Å²) in [7, 11) is 3.10. The standard InChI is InChI=1S/C22H19FN4O3S/c1-29-17-9-16(10-18(11-17)30-2)25-21(28)13-31-22-20-12-19(26-27(20)8-7-24-22)14-3-5-15(23)6-4-14/h3-12H,13H2,1-2H3,(H,25,28). The van der Waals surface area contributed by atoms with Crippen molar-refractivity contribution in [1.82, 2.24) is 14.6 Å². The number of halogens is 1. The lowest BCUT2D eigenvalue weighted by molar-refractivity contribution is -0.113. The van der Waals surface area contributed by atoms with Crippen molar-refractivity contribution in [1.29, 1.82) is 0 Å². The van der Waals surface area contributed by atoms with E-state index in [1.165, 1.54) is 23.9 Å². The molecule has 0 bridgehead atoms. The monoisotopic (exact) mass is 438 g/mol. The van der Waals surface area contributed by atoms with Crippen molar-refractivity contribution < 1.29 is 18.7 Å². The van der Waals surface area contributed by atoms with Gasteiger partial charge in [-0.25, -0.2) is 13.9 Å². The second-order valence-corrected chi connectivity index (χ2v) is 7.50. The number of carbonyl (C=O) groups excluding carboxylic acids is 1. The highest BCUT2D eigenvalue weighted by molar-refractivity contribution is 8.00. The van der Waals surface area contributed by atoms with Crippen LogP contribution in [0.2, 0.25) is 0 Å². The number of nitrogens with zero attached hydrogens (tertiary/aromatic N) is 3. The summed E-state index contributed by atoms with van der Waals surface area (Å²) in [6.45, 7) is 0. The third-order valence-electron chi connectivity index (χ3n) is 4.47. The normalized spacial score (nSPS) is 10.8.